The largest absolute Gasteiger partial charge is 0.464 e. The fraction of sp³-hybridized carbons (Fsp3) is 0.375. The molecule has 1 aromatic carbocycles. The first kappa shape index (κ1) is 18.2. The fourth-order valence-corrected chi connectivity index (χ4v) is 3.23. The zero-order valence-electron chi connectivity index (χ0n) is 14.2. The van der Waals surface area contributed by atoms with Gasteiger partial charge < -0.3 is 10.0 Å². The van der Waals surface area contributed by atoms with Crippen LogP contribution < -0.4 is 4.90 Å². The minimum Gasteiger partial charge on any atom is -0.464 e. The van der Waals surface area contributed by atoms with Crippen molar-refractivity contribution >= 4 is 29.6 Å². The zero-order chi connectivity index (χ0) is 19.6. The number of carbonyl (C=O) groups excluding carboxylic acids is 3. The Morgan fingerprint density at radius 1 is 1.22 bits per heavy atom. The summed E-state index contributed by atoms with van der Waals surface area (Å²) in [5.41, 5.74) is 9.75. The fourth-order valence-electron chi connectivity index (χ4n) is 3.23. The molecule has 5 amide bonds. The molecule has 2 heterocycles. The maximum absolute atomic E-state index is 12.7. The second kappa shape index (κ2) is 7.34. The number of carboxylic acid groups (broad SMARTS) is 1. The highest BCUT2D eigenvalue weighted by atomic mass is 16.4. The maximum atomic E-state index is 12.7. The van der Waals surface area contributed by atoms with Gasteiger partial charge in [-0.1, -0.05) is 17.2 Å². The lowest BCUT2D eigenvalue weighted by atomic mass is 10.0. The summed E-state index contributed by atoms with van der Waals surface area (Å²) in [7, 11) is 0. The van der Waals surface area contributed by atoms with Crippen LogP contribution in [-0.2, 0) is 16.1 Å². The topological polar surface area (TPSA) is 147 Å². The highest BCUT2D eigenvalue weighted by Gasteiger charge is 2.45. The molecule has 140 valence electrons. The highest BCUT2D eigenvalue weighted by molar-refractivity contribution is 6.12. The summed E-state index contributed by atoms with van der Waals surface area (Å²) in [6, 6.07) is 5.49. The van der Waals surface area contributed by atoms with Crippen molar-refractivity contribution in [3.63, 3.8) is 0 Å². The molecule has 11 nitrogen and oxygen atoms in total. The Morgan fingerprint density at radius 2 is 1.93 bits per heavy atom. The first-order valence-corrected chi connectivity index (χ1v) is 8.21. The first-order chi connectivity index (χ1) is 12.9. The molecule has 1 atom stereocenters. The second-order valence-corrected chi connectivity index (χ2v) is 6.09. The smallest absolute Gasteiger partial charge is 0.421 e. The van der Waals surface area contributed by atoms with Crippen LogP contribution in [0.4, 0.5) is 15.3 Å². The summed E-state index contributed by atoms with van der Waals surface area (Å²) >= 11 is 0. The van der Waals surface area contributed by atoms with Crippen LogP contribution in [-0.4, -0.2) is 58.0 Å². The first-order valence-electron chi connectivity index (χ1n) is 8.21. The van der Waals surface area contributed by atoms with Gasteiger partial charge >= 0.3 is 12.1 Å². The molecule has 27 heavy (non-hydrogen) atoms. The zero-order valence-corrected chi connectivity index (χ0v) is 14.2. The number of hydrogen-bond donors (Lipinski definition) is 1. The van der Waals surface area contributed by atoms with Crippen LogP contribution in [0.25, 0.3) is 10.4 Å². The minimum atomic E-state index is -1.63. The molecule has 2 fully saturated rings. The molecule has 2 saturated heterocycles. The average molecular weight is 372 g/mol. The molecular weight excluding hydrogens is 356 g/mol. The van der Waals surface area contributed by atoms with Gasteiger partial charge in [-0.15, -0.1) is 0 Å². The quantitative estimate of drug-likeness (QED) is 0.371. The molecule has 0 spiro atoms. The predicted octanol–water partition coefficient (Wildman–Crippen LogP) is 1.93. The van der Waals surface area contributed by atoms with E-state index in [1.165, 1.54) is 9.80 Å². The molecule has 2 aliphatic rings. The van der Waals surface area contributed by atoms with Gasteiger partial charge in [0.15, 0.2) is 0 Å². The van der Waals surface area contributed by atoms with Crippen molar-refractivity contribution in [2.45, 2.75) is 25.4 Å². The van der Waals surface area contributed by atoms with Crippen LogP contribution in [0.15, 0.2) is 29.4 Å². The van der Waals surface area contributed by atoms with E-state index in [9.17, 15) is 19.2 Å². The molecule has 0 radical (unpaired) electrons. The molecule has 1 N–H and O–H groups in total. The standard InChI is InChI=1S/C16H16N6O5/c17-19-18-9-10-1-3-11(4-2-10)20-7-8-21(15(20)25)12-5-6-13(23)22(14(12)24)16(26)27/h1-4,12H,5-9H2,(H,26,27). The molecule has 1 aromatic rings. The van der Waals surface area contributed by atoms with Gasteiger partial charge in [0.1, 0.15) is 6.04 Å². The lowest BCUT2D eigenvalue weighted by Crippen LogP contribution is -2.56. The van der Waals surface area contributed by atoms with E-state index in [0.717, 1.165) is 5.56 Å². The van der Waals surface area contributed by atoms with Crippen molar-refractivity contribution in [1.29, 1.82) is 0 Å². The van der Waals surface area contributed by atoms with Gasteiger partial charge in [0.2, 0.25) is 5.91 Å². The Balaban J connectivity index is 1.74. The number of urea groups is 1. The van der Waals surface area contributed by atoms with Crippen LogP contribution in [0.2, 0.25) is 0 Å². The number of hydrogen-bond acceptors (Lipinski definition) is 5. The van der Waals surface area contributed by atoms with Gasteiger partial charge in [-0.3, -0.25) is 14.5 Å². The average Bonchev–Trinajstić information content (AvgIpc) is 3.01. The van der Waals surface area contributed by atoms with Crippen LogP contribution in [0.1, 0.15) is 18.4 Å². The Bertz CT molecular complexity index is 847. The number of likely N-dealkylation sites (tertiary alicyclic amines) is 1. The van der Waals surface area contributed by atoms with Crippen molar-refractivity contribution in [2.75, 3.05) is 18.0 Å². The number of benzene rings is 1. The summed E-state index contributed by atoms with van der Waals surface area (Å²) in [6.07, 6.45) is -1.64. The third-order valence-corrected chi connectivity index (χ3v) is 4.56. The molecule has 2 aliphatic heterocycles. The van der Waals surface area contributed by atoms with E-state index in [1.54, 1.807) is 24.3 Å². The normalized spacial score (nSPS) is 20.1. The number of imide groups is 3. The van der Waals surface area contributed by atoms with E-state index in [4.69, 9.17) is 10.6 Å². The van der Waals surface area contributed by atoms with Crippen molar-refractivity contribution in [3.8, 4) is 0 Å². The number of amides is 5. The molecule has 0 aliphatic carbocycles. The summed E-state index contributed by atoms with van der Waals surface area (Å²) in [5, 5.41) is 12.5. The number of carbonyl (C=O) groups is 4. The second-order valence-electron chi connectivity index (χ2n) is 6.09. The summed E-state index contributed by atoms with van der Waals surface area (Å²) in [6.45, 7) is 0.781. The monoisotopic (exact) mass is 372 g/mol. The van der Waals surface area contributed by atoms with Gasteiger partial charge in [0, 0.05) is 30.1 Å². The molecule has 1 unspecified atom stereocenters. The van der Waals surface area contributed by atoms with Gasteiger partial charge in [0.25, 0.3) is 5.91 Å². The van der Waals surface area contributed by atoms with Crippen molar-refractivity contribution < 1.29 is 24.3 Å². The minimum absolute atomic E-state index is 0.103. The van der Waals surface area contributed by atoms with E-state index >= 15 is 0 Å². The molecule has 0 saturated carbocycles. The van der Waals surface area contributed by atoms with Crippen LogP contribution in [0.5, 0.6) is 0 Å². The summed E-state index contributed by atoms with van der Waals surface area (Å²) in [4.78, 5) is 53.6. The van der Waals surface area contributed by atoms with Crippen LogP contribution in [0, 0.1) is 0 Å². The van der Waals surface area contributed by atoms with Crippen molar-refractivity contribution in [2.24, 2.45) is 5.11 Å². The van der Waals surface area contributed by atoms with E-state index in [0.29, 0.717) is 12.2 Å². The molecule has 0 bridgehead atoms. The van der Waals surface area contributed by atoms with E-state index in [-0.39, 0.29) is 30.8 Å². The molecule has 11 heteroatoms. The number of azide groups is 1. The number of rotatable bonds is 4. The molecule has 0 aromatic heterocycles. The third kappa shape index (κ3) is 3.40. The van der Waals surface area contributed by atoms with Crippen molar-refractivity contribution in [1.82, 2.24) is 9.80 Å². The molecule has 3 rings (SSSR count). The van der Waals surface area contributed by atoms with Gasteiger partial charge in [-0.2, -0.15) is 4.90 Å². The van der Waals surface area contributed by atoms with Crippen LogP contribution in [0.3, 0.4) is 0 Å². The predicted molar refractivity (Wildman–Crippen MR) is 91.6 cm³/mol. The number of anilines is 1. The van der Waals surface area contributed by atoms with Gasteiger partial charge in [-0.05, 0) is 29.6 Å². The van der Waals surface area contributed by atoms with E-state index < -0.39 is 30.0 Å². The number of piperidine rings is 1. The Labute approximate surface area is 153 Å². The van der Waals surface area contributed by atoms with Crippen LogP contribution >= 0.6 is 0 Å². The number of nitrogens with zero attached hydrogens (tertiary/aromatic N) is 6. The van der Waals surface area contributed by atoms with Gasteiger partial charge in [0.05, 0.1) is 6.54 Å². The highest BCUT2D eigenvalue weighted by Crippen LogP contribution is 2.26. The summed E-state index contributed by atoms with van der Waals surface area (Å²) < 4.78 is 0. The summed E-state index contributed by atoms with van der Waals surface area (Å²) in [5.74, 6) is -1.67. The van der Waals surface area contributed by atoms with E-state index in [2.05, 4.69) is 10.0 Å². The Hall–Kier alpha value is -3.59. The van der Waals surface area contributed by atoms with E-state index in [1.807, 2.05) is 0 Å². The lowest BCUT2D eigenvalue weighted by Gasteiger charge is -2.32. The Morgan fingerprint density at radius 3 is 2.56 bits per heavy atom. The van der Waals surface area contributed by atoms with Crippen molar-refractivity contribution in [3.05, 3.63) is 40.3 Å². The molecular formula is C16H16N6O5. The maximum Gasteiger partial charge on any atom is 0.421 e. The lowest BCUT2D eigenvalue weighted by molar-refractivity contribution is -0.148. The Kier molecular flexibility index (Phi) is 4.95. The third-order valence-electron chi connectivity index (χ3n) is 4.56. The SMILES string of the molecule is [N-]=[N+]=NCc1ccc(N2CCN(C3CCC(=O)N(C(=O)O)C3=O)C2=O)cc1. The van der Waals surface area contributed by atoms with Gasteiger partial charge in [-0.25, -0.2) is 9.59 Å².